The van der Waals surface area contributed by atoms with E-state index in [9.17, 15) is 14.4 Å². The highest BCUT2D eigenvalue weighted by atomic mass is 16.6. The van der Waals surface area contributed by atoms with Gasteiger partial charge >= 0.3 is 24.0 Å². The number of aromatic nitrogens is 2. The molecule has 3 fully saturated rings. The normalized spacial score (nSPS) is 22.5. The number of hydrogen-bond acceptors (Lipinski definition) is 8. The highest BCUT2D eigenvalue weighted by Gasteiger charge is 2.41. The lowest BCUT2D eigenvalue weighted by Crippen LogP contribution is -2.47. The summed E-state index contributed by atoms with van der Waals surface area (Å²) in [6.45, 7) is 15.0. The zero-order chi connectivity index (χ0) is 32.7. The number of aliphatic imine (C=N–C) groups is 1. The lowest BCUT2D eigenvalue weighted by Gasteiger charge is -2.34. The average Bonchev–Trinajstić information content (AvgIpc) is 3.39. The maximum atomic E-state index is 12.8. The quantitative estimate of drug-likeness (QED) is 0.250. The van der Waals surface area contributed by atoms with Crippen molar-refractivity contribution in [3.8, 4) is 6.01 Å². The number of amidine groups is 1. The number of nitrogens with one attached hydrogen (secondary N) is 1. The second-order valence-electron chi connectivity index (χ2n) is 13.7. The van der Waals surface area contributed by atoms with Crippen molar-refractivity contribution in [1.82, 2.24) is 20.2 Å². The number of urea groups is 1. The van der Waals surface area contributed by atoms with Crippen LogP contribution in [0.5, 0.6) is 6.01 Å². The van der Waals surface area contributed by atoms with Crippen LogP contribution in [0.3, 0.4) is 0 Å². The van der Waals surface area contributed by atoms with Gasteiger partial charge in [0.15, 0.2) is 6.54 Å². The number of nitrogens with two attached hydrogens (primary N) is 1. The molecule has 0 spiro atoms. The minimum absolute atomic E-state index is 0.0510. The van der Waals surface area contributed by atoms with Gasteiger partial charge in [-0.25, -0.2) is 24.4 Å². The van der Waals surface area contributed by atoms with Crippen LogP contribution in [-0.4, -0.2) is 100.0 Å². The minimum Gasteiger partial charge on any atom is -0.463 e. The fourth-order valence-corrected chi connectivity index (χ4v) is 5.94. The van der Waals surface area contributed by atoms with Gasteiger partial charge in [-0.3, -0.25) is 0 Å². The van der Waals surface area contributed by atoms with Crippen molar-refractivity contribution in [3.63, 3.8) is 0 Å². The summed E-state index contributed by atoms with van der Waals surface area (Å²) in [5, 5.41) is 2.97. The molecule has 13 heteroatoms. The topological polar surface area (TPSA) is 155 Å². The maximum absolute atomic E-state index is 12.8. The Morgan fingerprint density at radius 2 is 1.84 bits per heavy atom. The van der Waals surface area contributed by atoms with Crippen LogP contribution in [0.1, 0.15) is 80.1 Å². The second kappa shape index (κ2) is 15.0. The highest BCUT2D eigenvalue weighted by Crippen LogP contribution is 2.28. The summed E-state index contributed by atoms with van der Waals surface area (Å²) in [4.78, 5) is 54.6. The summed E-state index contributed by atoms with van der Waals surface area (Å²) in [6, 6.07) is -0.297. The molecule has 45 heavy (non-hydrogen) atoms. The van der Waals surface area contributed by atoms with Crippen molar-refractivity contribution in [2.45, 2.75) is 91.7 Å². The molecule has 2 atom stereocenters. The number of ether oxygens (including phenoxy) is 2. The first-order valence-corrected chi connectivity index (χ1v) is 16.3. The van der Waals surface area contributed by atoms with Gasteiger partial charge in [-0.15, -0.1) is 0 Å². The number of rotatable bonds is 8. The zero-order valence-electron chi connectivity index (χ0n) is 27.8. The predicted octanol–water partition coefficient (Wildman–Crippen LogP) is 3.60. The van der Waals surface area contributed by atoms with E-state index < -0.39 is 11.7 Å². The Balaban J connectivity index is 1.28. The molecule has 2 unspecified atom stereocenters. The first-order valence-electron chi connectivity index (χ1n) is 16.3. The third-order valence-electron chi connectivity index (χ3n) is 8.73. The summed E-state index contributed by atoms with van der Waals surface area (Å²) in [5.74, 6) is 1.44. The van der Waals surface area contributed by atoms with E-state index >= 15 is 0 Å². The van der Waals surface area contributed by atoms with Crippen molar-refractivity contribution in [2.24, 2.45) is 28.5 Å². The maximum Gasteiger partial charge on any atom is 0.408 e. The van der Waals surface area contributed by atoms with E-state index in [1.54, 1.807) is 17.3 Å². The standard InChI is InChI=1S/C32H50N8O5/c1-21(2)28(33)37-30(42)38-14-10-23(11-15-38)22(3)12-16-44-29-34-17-24(18-35-29)39-19-25(36-31(43)45-32(4,5)6)26(20-39)40-13-8-7-9-27(40)41/h17-18,21-23,25H,7-16,19-20H2,1-6H3,(H2-,33,36,37,42,43)/p+1. The fraction of sp³-hybridized carbons (Fsp3) is 0.719. The number of carbonyl (C=O) groups is 3. The lowest BCUT2D eigenvalue weighted by atomic mass is 9.84. The molecule has 0 bridgehead atoms. The number of amides is 4. The molecular formula is C32H51N8O5+. The minimum atomic E-state index is -0.624. The van der Waals surface area contributed by atoms with Gasteiger partial charge in [0.05, 0.1) is 31.1 Å². The monoisotopic (exact) mass is 627 g/mol. The van der Waals surface area contributed by atoms with E-state index in [1.807, 2.05) is 39.2 Å². The number of piperidine rings is 2. The second-order valence-corrected chi connectivity index (χ2v) is 13.7. The largest absolute Gasteiger partial charge is 0.463 e. The molecule has 3 saturated heterocycles. The van der Waals surface area contributed by atoms with Gasteiger partial charge in [-0.05, 0) is 58.3 Å². The van der Waals surface area contributed by atoms with Gasteiger partial charge in [0.1, 0.15) is 24.0 Å². The molecule has 0 radical (unpaired) electrons. The molecule has 3 aliphatic heterocycles. The highest BCUT2D eigenvalue weighted by molar-refractivity contribution is 5.98. The lowest BCUT2D eigenvalue weighted by molar-refractivity contribution is -0.458. The molecule has 4 rings (SSSR count). The molecule has 3 N–H and O–H groups in total. The number of carbonyl (C=O) groups excluding carboxylic acids is 3. The molecule has 248 valence electrons. The van der Waals surface area contributed by atoms with Crippen LogP contribution in [-0.2, 0) is 9.53 Å². The Morgan fingerprint density at radius 1 is 1.16 bits per heavy atom. The van der Waals surface area contributed by atoms with Crippen LogP contribution < -0.4 is 20.7 Å². The summed E-state index contributed by atoms with van der Waals surface area (Å²) < 4.78 is 13.2. The van der Waals surface area contributed by atoms with E-state index in [4.69, 9.17) is 15.2 Å². The van der Waals surface area contributed by atoms with Crippen LogP contribution >= 0.6 is 0 Å². The Hall–Kier alpha value is -3.77. The summed E-state index contributed by atoms with van der Waals surface area (Å²) in [7, 11) is 0. The molecule has 0 saturated carbocycles. The Labute approximate surface area is 266 Å². The predicted molar refractivity (Wildman–Crippen MR) is 172 cm³/mol. The number of nitrogens with zero attached hydrogens (tertiary/aromatic N) is 6. The first-order chi connectivity index (χ1) is 21.3. The van der Waals surface area contributed by atoms with E-state index in [0.29, 0.717) is 69.4 Å². The average molecular weight is 628 g/mol. The molecule has 3 aliphatic rings. The van der Waals surface area contributed by atoms with E-state index in [2.05, 4.69) is 32.1 Å². The number of hydrogen-bond donors (Lipinski definition) is 2. The third kappa shape index (κ3) is 9.61. The summed E-state index contributed by atoms with van der Waals surface area (Å²) in [5.41, 5.74) is 6.89. The zero-order valence-corrected chi connectivity index (χ0v) is 27.8. The Morgan fingerprint density at radius 3 is 2.47 bits per heavy atom. The van der Waals surface area contributed by atoms with Gasteiger partial charge < -0.3 is 30.3 Å². The van der Waals surface area contributed by atoms with Crippen LogP contribution in [0.25, 0.3) is 0 Å². The van der Waals surface area contributed by atoms with E-state index in [0.717, 1.165) is 43.5 Å². The molecule has 1 aromatic heterocycles. The smallest absolute Gasteiger partial charge is 0.408 e. The van der Waals surface area contributed by atoms with E-state index in [-0.39, 0.29) is 23.9 Å². The first kappa shape index (κ1) is 34.1. The summed E-state index contributed by atoms with van der Waals surface area (Å²) >= 11 is 0. The molecule has 1 aromatic rings. The van der Waals surface area contributed by atoms with E-state index in [1.165, 1.54) is 0 Å². The van der Waals surface area contributed by atoms with Crippen molar-refractivity contribution in [1.29, 1.82) is 0 Å². The molecular weight excluding hydrogens is 576 g/mol. The Bertz CT molecular complexity index is 1270. The summed E-state index contributed by atoms with van der Waals surface area (Å²) in [6.07, 6.45) is 7.97. The SMILES string of the molecule is CC(C)C(N)=NC(=O)N1CCC(C(C)CCOc2ncc(N3CC(=[N+]4CCCCC4=O)C(NC(=O)OC(C)(C)C)C3)cn2)CC1. The van der Waals surface area contributed by atoms with Gasteiger partial charge in [-0.1, -0.05) is 20.8 Å². The molecule has 4 amide bonds. The number of anilines is 1. The van der Waals surface area contributed by atoms with Gasteiger partial charge in [0.25, 0.3) is 0 Å². The Kier molecular flexibility index (Phi) is 11.4. The fourth-order valence-electron chi connectivity index (χ4n) is 5.94. The molecule has 0 aromatic carbocycles. The van der Waals surface area contributed by atoms with Crippen molar-refractivity contribution in [2.75, 3.05) is 44.2 Å². The van der Waals surface area contributed by atoms with Gasteiger partial charge in [0.2, 0.25) is 5.71 Å². The molecule has 13 nitrogen and oxygen atoms in total. The number of likely N-dealkylation sites (tertiary alicyclic amines) is 1. The van der Waals surface area contributed by atoms with Gasteiger partial charge in [0, 0.05) is 32.0 Å². The van der Waals surface area contributed by atoms with Crippen molar-refractivity contribution in [3.05, 3.63) is 12.4 Å². The van der Waals surface area contributed by atoms with Gasteiger partial charge in [-0.2, -0.15) is 9.57 Å². The van der Waals surface area contributed by atoms with Crippen LogP contribution in [0.2, 0.25) is 0 Å². The van der Waals surface area contributed by atoms with Crippen LogP contribution in [0.15, 0.2) is 17.4 Å². The van der Waals surface area contributed by atoms with Crippen molar-refractivity contribution < 1.29 is 28.4 Å². The van der Waals surface area contributed by atoms with Crippen molar-refractivity contribution >= 4 is 35.3 Å². The molecule has 0 aliphatic carbocycles. The third-order valence-corrected chi connectivity index (χ3v) is 8.73. The number of alkyl carbamates (subject to hydrolysis) is 1. The van der Waals surface area contributed by atoms with Crippen LogP contribution in [0, 0.1) is 17.8 Å². The van der Waals surface area contributed by atoms with Crippen LogP contribution in [0.4, 0.5) is 15.3 Å². The molecule has 4 heterocycles.